The van der Waals surface area contributed by atoms with Crippen LogP contribution < -0.4 is 11.1 Å². The number of carbonyl (C=O) groups is 2. The minimum absolute atomic E-state index is 0.0217. The minimum atomic E-state index is -1.13. The Kier molecular flexibility index (Phi) is 4.91. The number of aromatic carboxylic acids is 2. The zero-order valence-corrected chi connectivity index (χ0v) is 14.4. The van der Waals surface area contributed by atoms with Crippen LogP contribution in [0.15, 0.2) is 48.5 Å². The predicted octanol–water partition coefficient (Wildman–Crippen LogP) is 3.52. The number of hydrogen-bond donors (Lipinski definition) is 4. The fourth-order valence-corrected chi connectivity index (χ4v) is 2.59. The first-order valence-corrected chi connectivity index (χ1v) is 8.00. The number of aromatic nitrogens is 2. The maximum atomic E-state index is 11.5. The van der Waals surface area contributed by atoms with Gasteiger partial charge in [0.05, 0.1) is 16.8 Å². The van der Waals surface area contributed by atoms with Crippen LogP contribution in [-0.4, -0.2) is 32.1 Å². The van der Waals surface area contributed by atoms with Crippen molar-refractivity contribution in [3.63, 3.8) is 0 Å². The van der Waals surface area contributed by atoms with Gasteiger partial charge in [0.2, 0.25) is 5.95 Å². The van der Waals surface area contributed by atoms with E-state index in [1.807, 2.05) is 0 Å². The monoisotopic (exact) mass is 384 g/mol. The molecule has 0 aliphatic rings. The quantitative estimate of drug-likeness (QED) is 0.524. The van der Waals surface area contributed by atoms with Crippen molar-refractivity contribution < 1.29 is 19.8 Å². The summed E-state index contributed by atoms with van der Waals surface area (Å²) >= 11 is 6.20. The van der Waals surface area contributed by atoms with E-state index in [0.717, 1.165) is 0 Å². The van der Waals surface area contributed by atoms with E-state index < -0.39 is 11.9 Å². The van der Waals surface area contributed by atoms with Gasteiger partial charge in [-0.1, -0.05) is 29.8 Å². The molecule has 0 amide bonds. The first kappa shape index (κ1) is 18.2. The molecule has 0 saturated carbocycles. The standard InChI is InChI=1S/C18H13ClN4O4/c19-13-14(11-3-1-2-4-12(11)17(26)27)22-18(23-15(13)20)21-10-7-5-9(6-8-10)16(24)25/h1-8H,(H,24,25)(H,26,27)(H3,20,21,22,23). The van der Waals surface area contributed by atoms with E-state index in [-0.39, 0.29) is 33.6 Å². The summed E-state index contributed by atoms with van der Waals surface area (Å²) in [4.78, 5) is 30.7. The summed E-state index contributed by atoms with van der Waals surface area (Å²) < 4.78 is 0. The van der Waals surface area contributed by atoms with Crippen LogP contribution >= 0.6 is 11.6 Å². The van der Waals surface area contributed by atoms with Crippen LogP contribution in [0, 0.1) is 0 Å². The highest BCUT2D eigenvalue weighted by Gasteiger charge is 2.18. The van der Waals surface area contributed by atoms with Gasteiger partial charge in [0.25, 0.3) is 0 Å². The van der Waals surface area contributed by atoms with Gasteiger partial charge in [0.15, 0.2) is 0 Å². The molecule has 9 heteroatoms. The van der Waals surface area contributed by atoms with Crippen molar-refractivity contribution in [2.75, 3.05) is 11.1 Å². The van der Waals surface area contributed by atoms with E-state index in [9.17, 15) is 14.7 Å². The van der Waals surface area contributed by atoms with Gasteiger partial charge in [-0.3, -0.25) is 0 Å². The molecule has 1 aromatic heterocycles. The topological polar surface area (TPSA) is 138 Å². The van der Waals surface area contributed by atoms with E-state index in [1.54, 1.807) is 30.3 Å². The lowest BCUT2D eigenvalue weighted by Gasteiger charge is -2.12. The molecule has 0 bridgehead atoms. The molecule has 0 fully saturated rings. The third-order valence-corrected chi connectivity index (χ3v) is 4.05. The molecule has 136 valence electrons. The molecule has 5 N–H and O–H groups in total. The number of nitrogens with two attached hydrogens (primary N) is 1. The van der Waals surface area contributed by atoms with E-state index in [1.165, 1.54) is 18.2 Å². The van der Waals surface area contributed by atoms with Gasteiger partial charge in [-0.2, -0.15) is 4.98 Å². The van der Waals surface area contributed by atoms with Gasteiger partial charge in [-0.05, 0) is 30.3 Å². The van der Waals surface area contributed by atoms with Crippen LogP contribution in [0.3, 0.4) is 0 Å². The largest absolute Gasteiger partial charge is 0.478 e. The van der Waals surface area contributed by atoms with Crippen LogP contribution in [0.2, 0.25) is 5.02 Å². The lowest BCUT2D eigenvalue weighted by molar-refractivity contribution is 0.0686. The normalized spacial score (nSPS) is 10.4. The van der Waals surface area contributed by atoms with Crippen molar-refractivity contribution >= 4 is 41.0 Å². The molecule has 0 unspecified atom stereocenters. The van der Waals surface area contributed by atoms with Gasteiger partial charge < -0.3 is 21.3 Å². The van der Waals surface area contributed by atoms with Crippen molar-refractivity contribution in [3.8, 4) is 11.3 Å². The SMILES string of the molecule is Nc1nc(Nc2ccc(C(=O)O)cc2)nc(-c2ccccc2C(=O)O)c1Cl. The molecule has 0 atom stereocenters. The van der Waals surface area contributed by atoms with Crippen LogP contribution in [0.25, 0.3) is 11.3 Å². The molecule has 3 aromatic rings. The van der Waals surface area contributed by atoms with Gasteiger partial charge >= 0.3 is 11.9 Å². The Labute approximate surface area is 158 Å². The van der Waals surface area contributed by atoms with Crippen LogP contribution in [0.4, 0.5) is 17.5 Å². The van der Waals surface area contributed by atoms with Crippen molar-refractivity contribution in [1.29, 1.82) is 0 Å². The Hall–Kier alpha value is -3.65. The molecule has 0 radical (unpaired) electrons. The lowest BCUT2D eigenvalue weighted by atomic mass is 10.0. The Bertz CT molecular complexity index is 1040. The predicted molar refractivity (Wildman–Crippen MR) is 101 cm³/mol. The first-order valence-electron chi connectivity index (χ1n) is 7.63. The molecule has 2 aromatic carbocycles. The number of nitrogen functional groups attached to an aromatic ring is 1. The average molecular weight is 385 g/mol. The highest BCUT2D eigenvalue weighted by atomic mass is 35.5. The Morgan fingerprint density at radius 2 is 1.63 bits per heavy atom. The summed E-state index contributed by atoms with van der Waals surface area (Å²) in [5, 5.41) is 21.3. The van der Waals surface area contributed by atoms with Crippen LogP contribution in [0.1, 0.15) is 20.7 Å². The maximum absolute atomic E-state index is 11.5. The molecular weight excluding hydrogens is 372 g/mol. The summed E-state index contributed by atoms with van der Waals surface area (Å²) in [5.41, 5.74) is 7.01. The second-order valence-corrected chi connectivity index (χ2v) is 5.83. The van der Waals surface area contributed by atoms with E-state index in [0.29, 0.717) is 11.3 Å². The molecule has 3 rings (SSSR count). The summed E-state index contributed by atoms with van der Waals surface area (Å²) in [6.07, 6.45) is 0. The average Bonchev–Trinajstić information content (AvgIpc) is 2.65. The number of carboxylic acids is 2. The molecule has 0 aliphatic carbocycles. The summed E-state index contributed by atoms with van der Waals surface area (Å²) in [5.74, 6) is -2.10. The number of nitrogens with one attached hydrogen (secondary N) is 1. The third-order valence-electron chi connectivity index (χ3n) is 3.68. The number of benzene rings is 2. The third kappa shape index (κ3) is 3.80. The molecule has 0 spiro atoms. The van der Waals surface area contributed by atoms with Crippen molar-refractivity contribution in [2.24, 2.45) is 0 Å². The summed E-state index contributed by atoms with van der Waals surface area (Å²) in [7, 11) is 0. The fourth-order valence-electron chi connectivity index (χ4n) is 2.40. The van der Waals surface area contributed by atoms with Gasteiger partial charge in [-0.25, -0.2) is 14.6 Å². The number of rotatable bonds is 5. The maximum Gasteiger partial charge on any atom is 0.336 e. The molecule has 0 saturated heterocycles. The minimum Gasteiger partial charge on any atom is -0.478 e. The second kappa shape index (κ2) is 7.30. The zero-order chi connectivity index (χ0) is 19.6. The molecular formula is C18H13ClN4O4. The number of hydrogen-bond acceptors (Lipinski definition) is 6. The van der Waals surface area contributed by atoms with Crippen molar-refractivity contribution in [1.82, 2.24) is 9.97 Å². The molecule has 27 heavy (non-hydrogen) atoms. The lowest BCUT2D eigenvalue weighted by Crippen LogP contribution is -2.06. The van der Waals surface area contributed by atoms with E-state index >= 15 is 0 Å². The summed E-state index contributed by atoms with van der Waals surface area (Å²) in [6, 6.07) is 12.2. The molecule has 0 aliphatic heterocycles. The number of nitrogens with zero attached hydrogens (tertiary/aromatic N) is 2. The second-order valence-electron chi connectivity index (χ2n) is 5.45. The van der Waals surface area contributed by atoms with Crippen molar-refractivity contribution in [2.45, 2.75) is 0 Å². The Morgan fingerprint density at radius 3 is 2.26 bits per heavy atom. The van der Waals surface area contributed by atoms with Gasteiger partial charge in [0.1, 0.15) is 10.8 Å². The van der Waals surface area contributed by atoms with Crippen LogP contribution in [0.5, 0.6) is 0 Å². The van der Waals surface area contributed by atoms with Crippen molar-refractivity contribution in [3.05, 3.63) is 64.7 Å². The molecule has 1 heterocycles. The fraction of sp³-hybridized carbons (Fsp3) is 0. The number of anilines is 3. The Balaban J connectivity index is 2.02. The van der Waals surface area contributed by atoms with E-state index in [2.05, 4.69) is 15.3 Å². The van der Waals surface area contributed by atoms with Gasteiger partial charge in [0, 0.05) is 11.3 Å². The van der Waals surface area contributed by atoms with Crippen LogP contribution in [-0.2, 0) is 0 Å². The molecule has 8 nitrogen and oxygen atoms in total. The zero-order valence-electron chi connectivity index (χ0n) is 13.7. The first-order chi connectivity index (χ1) is 12.9. The summed E-state index contributed by atoms with van der Waals surface area (Å²) in [6.45, 7) is 0. The highest BCUT2D eigenvalue weighted by molar-refractivity contribution is 6.35. The number of carboxylic acid groups (broad SMARTS) is 2. The Morgan fingerprint density at radius 1 is 0.963 bits per heavy atom. The van der Waals surface area contributed by atoms with E-state index in [4.69, 9.17) is 22.4 Å². The highest BCUT2D eigenvalue weighted by Crippen LogP contribution is 2.33. The number of halogens is 1. The smallest absolute Gasteiger partial charge is 0.336 e. The van der Waals surface area contributed by atoms with Gasteiger partial charge in [-0.15, -0.1) is 0 Å².